The van der Waals surface area contributed by atoms with Gasteiger partial charge in [-0.2, -0.15) is 5.21 Å². The first-order valence-electron chi connectivity index (χ1n) is 3.80. The summed E-state index contributed by atoms with van der Waals surface area (Å²) >= 11 is 6.09. The Bertz CT molecular complexity index is 359. The summed E-state index contributed by atoms with van der Waals surface area (Å²) in [5, 5.41) is 13.1. The SMILES string of the molecule is ClC(c1ccccc1)c1nn[nH]n1. The zero-order valence-corrected chi connectivity index (χ0v) is 7.44. The second kappa shape index (κ2) is 3.53. The fourth-order valence-electron chi connectivity index (χ4n) is 1.05. The van der Waals surface area contributed by atoms with E-state index in [1.54, 1.807) is 0 Å². The van der Waals surface area contributed by atoms with E-state index in [1.807, 2.05) is 30.3 Å². The zero-order chi connectivity index (χ0) is 9.10. The average Bonchev–Trinajstić information content (AvgIpc) is 2.71. The van der Waals surface area contributed by atoms with Gasteiger partial charge in [-0.15, -0.1) is 21.8 Å². The van der Waals surface area contributed by atoms with E-state index >= 15 is 0 Å². The molecular weight excluding hydrogens is 188 g/mol. The largest absolute Gasteiger partial charge is 0.196 e. The van der Waals surface area contributed by atoms with Crippen LogP contribution in [0.2, 0.25) is 0 Å². The zero-order valence-electron chi connectivity index (χ0n) is 6.68. The number of nitrogens with one attached hydrogen (secondary N) is 1. The number of alkyl halides is 1. The van der Waals surface area contributed by atoms with E-state index in [2.05, 4.69) is 20.6 Å². The Morgan fingerprint density at radius 1 is 1.23 bits per heavy atom. The maximum Gasteiger partial charge on any atom is 0.196 e. The molecule has 1 atom stereocenters. The highest BCUT2D eigenvalue weighted by Gasteiger charge is 2.13. The van der Waals surface area contributed by atoms with Gasteiger partial charge < -0.3 is 0 Å². The average molecular weight is 195 g/mol. The number of nitrogens with zero attached hydrogens (tertiary/aromatic N) is 3. The number of hydrogen-bond donors (Lipinski definition) is 1. The highest BCUT2D eigenvalue weighted by atomic mass is 35.5. The van der Waals surface area contributed by atoms with E-state index in [1.165, 1.54) is 0 Å². The van der Waals surface area contributed by atoms with Gasteiger partial charge in [0.15, 0.2) is 5.82 Å². The summed E-state index contributed by atoms with van der Waals surface area (Å²) in [4.78, 5) is 0. The van der Waals surface area contributed by atoms with E-state index < -0.39 is 0 Å². The predicted octanol–water partition coefficient (Wildman–Crippen LogP) is 1.53. The Hall–Kier alpha value is -1.42. The molecule has 0 amide bonds. The third kappa shape index (κ3) is 1.67. The maximum absolute atomic E-state index is 6.09. The standard InChI is InChI=1S/C8H7ClN4/c9-7(8-10-12-13-11-8)6-4-2-1-3-5-6/h1-5,7H,(H,10,11,12,13). The molecule has 2 rings (SSSR count). The molecule has 5 heteroatoms. The summed E-state index contributed by atoms with van der Waals surface area (Å²) < 4.78 is 0. The number of benzene rings is 1. The van der Waals surface area contributed by atoms with E-state index in [4.69, 9.17) is 11.6 Å². The van der Waals surface area contributed by atoms with E-state index in [9.17, 15) is 0 Å². The molecule has 0 spiro atoms. The Morgan fingerprint density at radius 2 is 2.00 bits per heavy atom. The molecule has 66 valence electrons. The minimum atomic E-state index is -0.333. The van der Waals surface area contributed by atoms with Gasteiger partial charge in [0.2, 0.25) is 0 Å². The second-order valence-electron chi connectivity index (χ2n) is 2.54. The Labute approximate surface area is 79.9 Å². The molecule has 13 heavy (non-hydrogen) atoms. The van der Waals surface area contributed by atoms with Gasteiger partial charge in [0.1, 0.15) is 5.38 Å². The van der Waals surface area contributed by atoms with Crippen LogP contribution in [0.15, 0.2) is 30.3 Å². The van der Waals surface area contributed by atoms with Gasteiger partial charge in [-0.1, -0.05) is 35.5 Å². The van der Waals surface area contributed by atoms with Gasteiger partial charge in [-0.25, -0.2) is 0 Å². The Balaban J connectivity index is 2.29. The maximum atomic E-state index is 6.09. The molecule has 1 N–H and O–H groups in total. The highest BCUT2D eigenvalue weighted by molar-refractivity contribution is 6.22. The van der Waals surface area contributed by atoms with Crippen molar-refractivity contribution in [3.8, 4) is 0 Å². The Kier molecular flexibility index (Phi) is 2.23. The number of aromatic nitrogens is 4. The molecule has 1 unspecified atom stereocenters. The molecule has 1 aromatic carbocycles. The van der Waals surface area contributed by atoms with Crippen LogP contribution in [-0.2, 0) is 0 Å². The number of halogens is 1. The van der Waals surface area contributed by atoms with Gasteiger partial charge in [-0.3, -0.25) is 0 Å². The quantitative estimate of drug-likeness (QED) is 0.738. The number of tetrazole rings is 1. The van der Waals surface area contributed by atoms with Crippen LogP contribution in [0.25, 0.3) is 0 Å². The molecule has 1 heterocycles. The van der Waals surface area contributed by atoms with Crippen molar-refractivity contribution < 1.29 is 0 Å². The lowest BCUT2D eigenvalue weighted by molar-refractivity contribution is 0.881. The van der Waals surface area contributed by atoms with Gasteiger partial charge in [0.05, 0.1) is 0 Å². The first-order chi connectivity index (χ1) is 6.38. The van der Waals surface area contributed by atoms with E-state index in [0.717, 1.165) is 5.56 Å². The van der Waals surface area contributed by atoms with Crippen LogP contribution < -0.4 is 0 Å². The first kappa shape index (κ1) is 8.19. The van der Waals surface area contributed by atoms with Gasteiger partial charge in [-0.05, 0) is 5.56 Å². The van der Waals surface area contributed by atoms with Crippen molar-refractivity contribution in [2.24, 2.45) is 0 Å². The summed E-state index contributed by atoms with van der Waals surface area (Å²) in [5.41, 5.74) is 0.963. The molecule has 0 bridgehead atoms. The number of rotatable bonds is 2. The molecule has 1 aromatic heterocycles. The molecule has 0 aliphatic carbocycles. The van der Waals surface area contributed by atoms with Gasteiger partial charge in [0, 0.05) is 0 Å². The van der Waals surface area contributed by atoms with Gasteiger partial charge >= 0.3 is 0 Å². The van der Waals surface area contributed by atoms with Crippen LogP contribution in [0, 0.1) is 0 Å². The lowest BCUT2D eigenvalue weighted by Gasteiger charge is -2.03. The lowest BCUT2D eigenvalue weighted by Crippen LogP contribution is -1.95. The Morgan fingerprint density at radius 3 is 2.62 bits per heavy atom. The van der Waals surface area contributed by atoms with Crippen molar-refractivity contribution in [2.45, 2.75) is 5.38 Å². The summed E-state index contributed by atoms with van der Waals surface area (Å²) in [5.74, 6) is 0.493. The topological polar surface area (TPSA) is 54.5 Å². The van der Waals surface area contributed by atoms with Crippen molar-refractivity contribution in [3.05, 3.63) is 41.7 Å². The van der Waals surface area contributed by atoms with Gasteiger partial charge in [0.25, 0.3) is 0 Å². The summed E-state index contributed by atoms with van der Waals surface area (Å²) in [7, 11) is 0. The lowest BCUT2D eigenvalue weighted by atomic mass is 10.1. The molecule has 0 aliphatic heterocycles. The van der Waals surface area contributed by atoms with E-state index in [0.29, 0.717) is 5.82 Å². The number of hydrogen-bond acceptors (Lipinski definition) is 3. The molecule has 2 aromatic rings. The van der Waals surface area contributed by atoms with Crippen LogP contribution in [0.4, 0.5) is 0 Å². The summed E-state index contributed by atoms with van der Waals surface area (Å²) in [6.45, 7) is 0. The van der Waals surface area contributed by atoms with Crippen LogP contribution in [-0.4, -0.2) is 20.6 Å². The molecule has 4 nitrogen and oxygen atoms in total. The molecule has 0 fully saturated rings. The second-order valence-corrected chi connectivity index (χ2v) is 2.98. The van der Waals surface area contributed by atoms with Crippen molar-refractivity contribution in [2.75, 3.05) is 0 Å². The number of aromatic amines is 1. The molecular formula is C8H7ClN4. The van der Waals surface area contributed by atoms with Crippen molar-refractivity contribution in [3.63, 3.8) is 0 Å². The van der Waals surface area contributed by atoms with Crippen LogP contribution in [0.5, 0.6) is 0 Å². The molecule has 0 saturated carbocycles. The molecule has 0 aliphatic rings. The van der Waals surface area contributed by atoms with E-state index in [-0.39, 0.29) is 5.38 Å². The molecule has 0 saturated heterocycles. The third-order valence-electron chi connectivity index (χ3n) is 1.68. The minimum absolute atomic E-state index is 0.333. The van der Waals surface area contributed by atoms with Crippen LogP contribution in [0.1, 0.15) is 16.8 Å². The predicted molar refractivity (Wildman–Crippen MR) is 48.3 cm³/mol. The minimum Gasteiger partial charge on any atom is -0.177 e. The summed E-state index contributed by atoms with van der Waals surface area (Å²) in [6.07, 6.45) is 0. The fourth-order valence-corrected chi connectivity index (χ4v) is 1.29. The smallest absolute Gasteiger partial charge is 0.177 e. The van der Waals surface area contributed by atoms with Crippen molar-refractivity contribution in [1.82, 2.24) is 20.6 Å². The van der Waals surface area contributed by atoms with Crippen molar-refractivity contribution in [1.29, 1.82) is 0 Å². The first-order valence-corrected chi connectivity index (χ1v) is 4.24. The monoisotopic (exact) mass is 194 g/mol. The van der Waals surface area contributed by atoms with Crippen LogP contribution in [0.3, 0.4) is 0 Å². The summed E-state index contributed by atoms with van der Waals surface area (Å²) in [6, 6.07) is 9.63. The number of H-pyrrole nitrogens is 1. The van der Waals surface area contributed by atoms with Crippen molar-refractivity contribution >= 4 is 11.6 Å². The fraction of sp³-hybridized carbons (Fsp3) is 0.125. The molecule has 0 radical (unpaired) electrons. The normalized spacial score (nSPS) is 12.7. The highest BCUT2D eigenvalue weighted by Crippen LogP contribution is 2.24. The van der Waals surface area contributed by atoms with Crippen LogP contribution >= 0.6 is 11.6 Å². The third-order valence-corrected chi connectivity index (χ3v) is 2.13.